The van der Waals surface area contributed by atoms with Gasteiger partial charge in [-0.3, -0.25) is 4.68 Å². The number of aryl methyl sites for hydroxylation is 1. The summed E-state index contributed by atoms with van der Waals surface area (Å²) < 4.78 is 7.81. The molecular weight excluding hydrogens is 286 g/mol. The minimum atomic E-state index is 0.274. The van der Waals surface area contributed by atoms with Gasteiger partial charge in [-0.15, -0.1) is 0 Å². The fraction of sp³-hybridized carbons (Fsp3) is 0.812. The van der Waals surface area contributed by atoms with Crippen LogP contribution in [-0.2, 0) is 11.3 Å². The molecule has 1 aliphatic heterocycles. The van der Waals surface area contributed by atoms with Gasteiger partial charge >= 0.3 is 0 Å². The fourth-order valence-corrected chi connectivity index (χ4v) is 3.26. The zero-order valence-electron chi connectivity index (χ0n) is 13.3. The van der Waals surface area contributed by atoms with E-state index in [1.807, 2.05) is 0 Å². The molecule has 1 N–H and O–H groups in total. The molecule has 2 unspecified atom stereocenters. The van der Waals surface area contributed by atoms with E-state index in [0.29, 0.717) is 6.10 Å². The Morgan fingerprint density at radius 1 is 1.48 bits per heavy atom. The van der Waals surface area contributed by atoms with Crippen LogP contribution in [0.2, 0.25) is 5.02 Å². The van der Waals surface area contributed by atoms with Crippen molar-refractivity contribution in [1.82, 2.24) is 15.1 Å². The lowest BCUT2D eigenvalue weighted by molar-refractivity contribution is 0.0993. The number of aromatic nitrogens is 2. The van der Waals surface area contributed by atoms with Gasteiger partial charge in [0, 0.05) is 13.2 Å². The van der Waals surface area contributed by atoms with Crippen LogP contribution in [-0.4, -0.2) is 29.0 Å². The van der Waals surface area contributed by atoms with Crippen LogP contribution in [0.15, 0.2) is 6.20 Å². The highest BCUT2D eigenvalue weighted by Crippen LogP contribution is 2.29. The molecule has 1 aliphatic rings. The van der Waals surface area contributed by atoms with Crippen molar-refractivity contribution in [2.24, 2.45) is 0 Å². The molecule has 21 heavy (non-hydrogen) atoms. The summed E-state index contributed by atoms with van der Waals surface area (Å²) in [6.07, 6.45) is 8.94. The number of halogens is 1. The highest BCUT2D eigenvalue weighted by Gasteiger charge is 2.23. The zero-order chi connectivity index (χ0) is 15.1. The normalized spacial score (nSPS) is 20.0. The Morgan fingerprint density at radius 2 is 2.33 bits per heavy atom. The molecule has 0 bridgehead atoms. The summed E-state index contributed by atoms with van der Waals surface area (Å²) in [6, 6.07) is 0.274. The first-order valence-corrected chi connectivity index (χ1v) is 8.70. The Labute approximate surface area is 133 Å². The lowest BCUT2D eigenvalue weighted by Gasteiger charge is -2.22. The molecule has 1 saturated heterocycles. The SMILES string of the molecule is CCCNC(CCC1CCCO1)c1c(Cl)cnn1CCC. The van der Waals surface area contributed by atoms with E-state index in [2.05, 4.69) is 28.9 Å². The second kappa shape index (κ2) is 8.76. The van der Waals surface area contributed by atoms with Gasteiger partial charge in [0.05, 0.1) is 29.1 Å². The number of rotatable bonds is 9. The van der Waals surface area contributed by atoms with Crippen LogP contribution in [0.1, 0.15) is 64.1 Å². The van der Waals surface area contributed by atoms with Crippen molar-refractivity contribution in [2.45, 2.75) is 71.1 Å². The molecular formula is C16H28ClN3O. The van der Waals surface area contributed by atoms with Crippen LogP contribution < -0.4 is 5.32 Å². The van der Waals surface area contributed by atoms with Crippen molar-refractivity contribution in [1.29, 1.82) is 0 Å². The molecule has 5 heteroatoms. The van der Waals surface area contributed by atoms with E-state index in [9.17, 15) is 0 Å². The summed E-state index contributed by atoms with van der Waals surface area (Å²) in [5.41, 5.74) is 1.14. The van der Waals surface area contributed by atoms with Crippen LogP contribution >= 0.6 is 11.6 Å². The zero-order valence-corrected chi connectivity index (χ0v) is 14.0. The van der Waals surface area contributed by atoms with Crippen LogP contribution in [0.5, 0.6) is 0 Å². The Hall–Kier alpha value is -0.580. The van der Waals surface area contributed by atoms with Crippen molar-refractivity contribution in [3.8, 4) is 0 Å². The van der Waals surface area contributed by atoms with Gasteiger partial charge in [-0.1, -0.05) is 25.4 Å². The highest BCUT2D eigenvalue weighted by atomic mass is 35.5. The molecule has 2 heterocycles. The van der Waals surface area contributed by atoms with E-state index in [1.165, 1.54) is 12.8 Å². The molecule has 2 atom stereocenters. The van der Waals surface area contributed by atoms with E-state index < -0.39 is 0 Å². The van der Waals surface area contributed by atoms with E-state index in [0.717, 1.165) is 56.1 Å². The molecule has 120 valence electrons. The van der Waals surface area contributed by atoms with Crippen LogP contribution in [0, 0.1) is 0 Å². The molecule has 0 spiro atoms. The highest BCUT2D eigenvalue weighted by molar-refractivity contribution is 6.31. The predicted molar refractivity (Wildman–Crippen MR) is 86.8 cm³/mol. The largest absolute Gasteiger partial charge is 0.378 e. The maximum atomic E-state index is 6.40. The Bertz CT molecular complexity index is 416. The summed E-state index contributed by atoms with van der Waals surface area (Å²) in [6.45, 7) is 7.21. The quantitative estimate of drug-likeness (QED) is 0.750. The third-order valence-corrected chi connectivity index (χ3v) is 4.33. The van der Waals surface area contributed by atoms with Crippen molar-refractivity contribution in [3.05, 3.63) is 16.9 Å². The Kier molecular flexibility index (Phi) is 7.00. The maximum absolute atomic E-state index is 6.40. The first kappa shape index (κ1) is 16.8. The summed E-state index contributed by atoms with van der Waals surface area (Å²) >= 11 is 6.40. The summed E-state index contributed by atoms with van der Waals surface area (Å²) in [4.78, 5) is 0. The monoisotopic (exact) mass is 313 g/mol. The van der Waals surface area contributed by atoms with Crippen molar-refractivity contribution in [3.63, 3.8) is 0 Å². The van der Waals surface area contributed by atoms with Gasteiger partial charge < -0.3 is 10.1 Å². The van der Waals surface area contributed by atoms with Gasteiger partial charge in [0.2, 0.25) is 0 Å². The van der Waals surface area contributed by atoms with Gasteiger partial charge in [0.25, 0.3) is 0 Å². The number of nitrogens with zero attached hydrogens (tertiary/aromatic N) is 2. The van der Waals surface area contributed by atoms with Gasteiger partial charge in [0.15, 0.2) is 0 Å². The average Bonchev–Trinajstić information content (AvgIpc) is 3.11. The second-order valence-electron chi connectivity index (χ2n) is 5.82. The van der Waals surface area contributed by atoms with Gasteiger partial charge in [-0.05, 0) is 45.1 Å². The third kappa shape index (κ3) is 4.70. The molecule has 1 aromatic rings. The Morgan fingerprint density at radius 3 is 3.00 bits per heavy atom. The van der Waals surface area contributed by atoms with Gasteiger partial charge in [-0.2, -0.15) is 5.10 Å². The summed E-state index contributed by atoms with van der Waals surface area (Å²) in [7, 11) is 0. The number of ether oxygens (including phenoxy) is 1. The number of nitrogens with one attached hydrogen (secondary N) is 1. The molecule has 2 rings (SSSR count). The van der Waals surface area contributed by atoms with E-state index in [-0.39, 0.29) is 6.04 Å². The molecule has 0 saturated carbocycles. The number of hydrogen-bond acceptors (Lipinski definition) is 3. The standard InChI is InChI=1S/C16H28ClN3O/c1-3-9-18-15(8-7-13-6-5-11-21-13)16-14(17)12-19-20(16)10-4-2/h12-13,15,18H,3-11H2,1-2H3. The minimum absolute atomic E-state index is 0.274. The third-order valence-electron chi connectivity index (χ3n) is 4.04. The fourth-order valence-electron chi connectivity index (χ4n) is 2.99. The predicted octanol–water partition coefficient (Wildman–Crippen LogP) is 3.95. The summed E-state index contributed by atoms with van der Waals surface area (Å²) in [5.74, 6) is 0. The first-order chi connectivity index (χ1) is 10.3. The lowest BCUT2D eigenvalue weighted by Crippen LogP contribution is -2.26. The molecule has 0 aromatic carbocycles. The van der Waals surface area contributed by atoms with Crippen molar-refractivity contribution in [2.75, 3.05) is 13.2 Å². The van der Waals surface area contributed by atoms with E-state index in [4.69, 9.17) is 16.3 Å². The summed E-state index contributed by atoms with van der Waals surface area (Å²) in [5, 5.41) is 8.84. The second-order valence-corrected chi connectivity index (χ2v) is 6.23. The van der Waals surface area contributed by atoms with Crippen molar-refractivity contribution >= 4 is 11.6 Å². The Balaban J connectivity index is 2.04. The topological polar surface area (TPSA) is 39.1 Å². The van der Waals surface area contributed by atoms with Gasteiger partial charge in [0.1, 0.15) is 0 Å². The molecule has 4 nitrogen and oxygen atoms in total. The molecule has 1 fully saturated rings. The van der Waals surface area contributed by atoms with Crippen LogP contribution in [0.25, 0.3) is 0 Å². The molecule has 0 aliphatic carbocycles. The smallest absolute Gasteiger partial charge is 0.0834 e. The maximum Gasteiger partial charge on any atom is 0.0834 e. The van der Waals surface area contributed by atoms with E-state index in [1.54, 1.807) is 6.20 Å². The molecule has 1 aromatic heterocycles. The first-order valence-electron chi connectivity index (χ1n) is 8.32. The average molecular weight is 314 g/mol. The van der Waals surface area contributed by atoms with Crippen LogP contribution in [0.3, 0.4) is 0 Å². The number of hydrogen-bond donors (Lipinski definition) is 1. The molecule has 0 radical (unpaired) electrons. The van der Waals surface area contributed by atoms with Crippen molar-refractivity contribution < 1.29 is 4.74 Å². The van der Waals surface area contributed by atoms with Gasteiger partial charge in [-0.25, -0.2) is 0 Å². The van der Waals surface area contributed by atoms with Crippen LogP contribution in [0.4, 0.5) is 0 Å². The molecule has 0 amide bonds. The minimum Gasteiger partial charge on any atom is -0.378 e. The van der Waals surface area contributed by atoms with E-state index >= 15 is 0 Å². The lowest BCUT2D eigenvalue weighted by atomic mass is 10.0.